The summed E-state index contributed by atoms with van der Waals surface area (Å²) in [5.74, 6) is 2.74. The Morgan fingerprint density at radius 2 is 2.12 bits per heavy atom. The molecule has 1 aliphatic rings. The van der Waals surface area contributed by atoms with E-state index in [-0.39, 0.29) is 0 Å². The molecule has 1 aliphatic carbocycles. The van der Waals surface area contributed by atoms with E-state index in [0.717, 1.165) is 30.5 Å². The molecule has 0 radical (unpaired) electrons. The van der Waals surface area contributed by atoms with Crippen molar-refractivity contribution in [1.82, 2.24) is 14.8 Å². The number of ether oxygens (including phenoxy) is 1. The monoisotopic (exact) mass is 224 g/mol. The van der Waals surface area contributed by atoms with Gasteiger partial charge in [0.05, 0.1) is 13.2 Å². The lowest BCUT2D eigenvalue weighted by molar-refractivity contribution is 0.184. The Morgan fingerprint density at radius 1 is 1.38 bits per heavy atom. The zero-order chi connectivity index (χ0) is 11.4. The molecular formula is C11H20N4O. The standard InChI is InChI=1S/C11H20N4O/c1-16-6-5-15-10(7-9-3-2-4-9)13-14-11(15)8-12/h9H,2-8,12H2,1H3. The van der Waals surface area contributed by atoms with Crippen molar-refractivity contribution in [2.75, 3.05) is 13.7 Å². The Labute approximate surface area is 96.0 Å². The summed E-state index contributed by atoms with van der Waals surface area (Å²) in [5.41, 5.74) is 5.65. The third-order valence-corrected chi connectivity index (χ3v) is 3.30. The van der Waals surface area contributed by atoms with Crippen molar-refractivity contribution < 1.29 is 4.74 Å². The van der Waals surface area contributed by atoms with Crippen LogP contribution in [0, 0.1) is 5.92 Å². The first kappa shape index (κ1) is 11.5. The Kier molecular flexibility index (Phi) is 3.90. The van der Waals surface area contributed by atoms with Crippen molar-refractivity contribution in [3.8, 4) is 0 Å². The lowest BCUT2D eigenvalue weighted by atomic mass is 9.83. The van der Waals surface area contributed by atoms with Gasteiger partial charge in [-0.15, -0.1) is 10.2 Å². The van der Waals surface area contributed by atoms with Gasteiger partial charge in [0.2, 0.25) is 0 Å². The molecule has 0 aromatic carbocycles. The van der Waals surface area contributed by atoms with E-state index in [1.807, 2.05) is 0 Å². The van der Waals surface area contributed by atoms with Gasteiger partial charge in [-0.2, -0.15) is 0 Å². The Morgan fingerprint density at radius 3 is 2.69 bits per heavy atom. The second-order valence-electron chi connectivity index (χ2n) is 4.38. The van der Waals surface area contributed by atoms with E-state index in [2.05, 4.69) is 14.8 Å². The fraction of sp³-hybridized carbons (Fsp3) is 0.818. The maximum absolute atomic E-state index is 5.65. The third kappa shape index (κ3) is 2.41. The highest BCUT2D eigenvalue weighted by Gasteiger charge is 2.21. The van der Waals surface area contributed by atoms with Gasteiger partial charge in [0, 0.05) is 20.1 Å². The Hall–Kier alpha value is -0.940. The summed E-state index contributed by atoms with van der Waals surface area (Å²) in [6, 6.07) is 0. The van der Waals surface area contributed by atoms with Crippen LogP contribution in [0.25, 0.3) is 0 Å². The summed E-state index contributed by atoms with van der Waals surface area (Å²) in [7, 11) is 1.71. The second kappa shape index (κ2) is 5.41. The zero-order valence-electron chi connectivity index (χ0n) is 9.85. The minimum atomic E-state index is 0.446. The van der Waals surface area contributed by atoms with E-state index in [4.69, 9.17) is 10.5 Å². The van der Waals surface area contributed by atoms with Crippen LogP contribution in [-0.4, -0.2) is 28.5 Å². The second-order valence-corrected chi connectivity index (χ2v) is 4.38. The van der Waals surface area contributed by atoms with Crippen LogP contribution in [0.4, 0.5) is 0 Å². The number of nitrogens with zero attached hydrogens (tertiary/aromatic N) is 3. The molecule has 2 rings (SSSR count). The molecule has 1 aromatic heterocycles. The van der Waals surface area contributed by atoms with Crippen LogP contribution >= 0.6 is 0 Å². The van der Waals surface area contributed by atoms with Crippen LogP contribution in [-0.2, 0) is 24.2 Å². The number of methoxy groups -OCH3 is 1. The highest BCUT2D eigenvalue weighted by Crippen LogP contribution is 2.29. The molecule has 1 aromatic rings. The molecule has 0 spiro atoms. The van der Waals surface area contributed by atoms with Gasteiger partial charge in [-0.3, -0.25) is 0 Å². The first-order chi connectivity index (χ1) is 7.85. The third-order valence-electron chi connectivity index (χ3n) is 3.30. The molecule has 2 N–H and O–H groups in total. The Balaban J connectivity index is 2.05. The minimum Gasteiger partial charge on any atom is -0.383 e. The summed E-state index contributed by atoms with van der Waals surface area (Å²) in [4.78, 5) is 0. The van der Waals surface area contributed by atoms with Crippen LogP contribution in [0.3, 0.4) is 0 Å². The molecule has 0 aliphatic heterocycles. The maximum atomic E-state index is 5.65. The molecule has 0 atom stereocenters. The van der Waals surface area contributed by atoms with E-state index in [1.165, 1.54) is 19.3 Å². The number of hydrogen-bond acceptors (Lipinski definition) is 4. The van der Waals surface area contributed by atoms with Crippen molar-refractivity contribution in [3.05, 3.63) is 11.6 Å². The predicted octanol–water partition coefficient (Wildman–Crippen LogP) is 0.726. The molecule has 1 heterocycles. The summed E-state index contributed by atoms with van der Waals surface area (Å²) >= 11 is 0. The van der Waals surface area contributed by atoms with Gasteiger partial charge in [-0.05, 0) is 5.92 Å². The first-order valence-corrected chi connectivity index (χ1v) is 5.95. The van der Waals surface area contributed by atoms with Gasteiger partial charge in [0.1, 0.15) is 11.6 Å². The van der Waals surface area contributed by atoms with Crippen molar-refractivity contribution in [2.45, 2.75) is 38.8 Å². The fourth-order valence-electron chi connectivity index (χ4n) is 2.07. The average molecular weight is 224 g/mol. The largest absolute Gasteiger partial charge is 0.383 e. The lowest BCUT2D eigenvalue weighted by Gasteiger charge is -2.24. The van der Waals surface area contributed by atoms with E-state index in [1.54, 1.807) is 7.11 Å². The van der Waals surface area contributed by atoms with Gasteiger partial charge < -0.3 is 15.0 Å². The van der Waals surface area contributed by atoms with Crippen LogP contribution < -0.4 is 5.73 Å². The number of rotatable bonds is 6. The summed E-state index contributed by atoms with van der Waals surface area (Å²) in [6.07, 6.45) is 5.06. The van der Waals surface area contributed by atoms with Crippen LogP contribution in [0.5, 0.6) is 0 Å². The number of nitrogens with two attached hydrogens (primary N) is 1. The Bertz CT molecular complexity index is 333. The van der Waals surface area contributed by atoms with E-state index >= 15 is 0 Å². The molecule has 16 heavy (non-hydrogen) atoms. The lowest BCUT2D eigenvalue weighted by Crippen LogP contribution is -2.19. The summed E-state index contributed by atoms with van der Waals surface area (Å²) in [6.45, 7) is 1.93. The number of hydrogen-bond donors (Lipinski definition) is 1. The summed E-state index contributed by atoms with van der Waals surface area (Å²) < 4.78 is 7.21. The van der Waals surface area contributed by atoms with Crippen molar-refractivity contribution in [1.29, 1.82) is 0 Å². The molecule has 5 nitrogen and oxygen atoms in total. The smallest absolute Gasteiger partial charge is 0.146 e. The summed E-state index contributed by atoms with van der Waals surface area (Å²) in [5, 5.41) is 8.37. The molecule has 90 valence electrons. The van der Waals surface area contributed by atoms with Crippen molar-refractivity contribution in [2.24, 2.45) is 11.7 Å². The topological polar surface area (TPSA) is 66.0 Å². The van der Waals surface area contributed by atoms with Gasteiger partial charge in [0.25, 0.3) is 0 Å². The highest BCUT2D eigenvalue weighted by molar-refractivity contribution is 4.98. The molecule has 1 fully saturated rings. The first-order valence-electron chi connectivity index (χ1n) is 5.95. The van der Waals surface area contributed by atoms with Gasteiger partial charge in [-0.25, -0.2) is 0 Å². The molecule has 0 unspecified atom stereocenters. The van der Waals surface area contributed by atoms with Gasteiger partial charge in [0.15, 0.2) is 0 Å². The molecule has 0 saturated heterocycles. The minimum absolute atomic E-state index is 0.446. The molecule has 0 bridgehead atoms. The van der Waals surface area contributed by atoms with Crippen molar-refractivity contribution in [3.63, 3.8) is 0 Å². The highest BCUT2D eigenvalue weighted by atomic mass is 16.5. The quantitative estimate of drug-likeness (QED) is 0.773. The van der Waals surface area contributed by atoms with E-state index < -0.39 is 0 Å². The van der Waals surface area contributed by atoms with E-state index in [9.17, 15) is 0 Å². The van der Waals surface area contributed by atoms with E-state index in [0.29, 0.717) is 13.2 Å². The zero-order valence-corrected chi connectivity index (χ0v) is 9.85. The normalized spacial score (nSPS) is 16.4. The van der Waals surface area contributed by atoms with Crippen LogP contribution in [0.1, 0.15) is 30.9 Å². The molecule has 0 amide bonds. The molecular weight excluding hydrogens is 204 g/mol. The number of aromatic nitrogens is 3. The molecule has 1 saturated carbocycles. The van der Waals surface area contributed by atoms with Crippen LogP contribution in [0.2, 0.25) is 0 Å². The SMILES string of the molecule is COCCn1c(CN)nnc1CC1CCC1. The van der Waals surface area contributed by atoms with Crippen LogP contribution in [0.15, 0.2) is 0 Å². The molecule has 5 heteroatoms. The van der Waals surface area contributed by atoms with Gasteiger partial charge in [-0.1, -0.05) is 19.3 Å². The van der Waals surface area contributed by atoms with Crippen molar-refractivity contribution >= 4 is 0 Å². The fourth-order valence-corrected chi connectivity index (χ4v) is 2.07. The van der Waals surface area contributed by atoms with Gasteiger partial charge >= 0.3 is 0 Å². The average Bonchev–Trinajstić information content (AvgIpc) is 2.62. The predicted molar refractivity (Wildman–Crippen MR) is 60.8 cm³/mol. The maximum Gasteiger partial charge on any atom is 0.146 e.